The zero-order valence-corrected chi connectivity index (χ0v) is 7.96. The van der Waals surface area contributed by atoms with E-state index in [0.29, 0.717) is 0 Å². The van der Waals surface area contributed by atoms with Gasteiger partial charge in [0.2, 0.25) is 0 Å². The maximum atomic E-state index is 11.0. The minimum atomic E-state index is -0.758. The summed E-state index contributed by atoms with van der Waals surface area (Å²) in [4.78, 5) is 21.7. The van der Waals surface area contributed by atoms with E-state index in [2.05, 4.69) is 15.4 Å². The zero-order chi connectivity index (χ0) is 11.0. The second-order valence-corrected chi connectivity index (χ2v) is 2.11. The Kier molecular flexibility index (Phi) is 5.54. The normalized spacial score (nSPS) is 9.93. The number of hydrogen-bond acceptors (Lipinski definition) is 4. The van der Waals surface area contributed by atoms with Gasteiger partial charge >= 0.3 is 12.0 Å². The van der Waals surface area contributed by atoms with E-state index >= 15 is 0 Å². The number of hydrogen-bond donors (Lipinski definition) is 2. The number of ether oxygens (including phenoxy) is 1. The monoisotopic (exact) mass is 197 g/mol. The van der Waals surface area contributed by atoms with E-state index in [1.54, 1.807) is 13.0 Å². The summed E-state index contributed by atoms with van der Waals surface area (Å²) in [6.07, 6.45) is 0.997. The Balaban J connectivity index is 4.34. The van der Waals surface area contributed by atoms with Crippen molar-refractivity contribution in [2.45, 2.75) is 6.92 Å². The molecule has 0 saturated heterocycles. The molecule has 2 amide bonds. The van der Waals surface area contributed by atoms with Crippen LogP contribution in [0, 0.1) is 11.3 Å². The van der Waals surface area contributed by atoms with E-state index in [0.717, 1.165) is 6.20 Å². The van der Waals surface area contributed by atoms with Gasteiger partial charge in [0.1, 0.15) is 6.07 Å². The highest BCUT2D eigenvalue weighted by atomic mass is 16.5. The number of nitriles is 1. The third-order valence-electron chi connectivity index (χ3n) is 1.19. The molecule has 0 aromatic rings. The topological polar surface area (TPSA) is 91.2 Å². The standard InChI is InChI=1S/C8H11N3O3/c1-3-14-7(12)6(4-9)5-11-8(13)10-2/h5H,3H2,1-2H3,(H2,10,11,13)/b6-5-. The van der Waals surface area contributed by atoms with E-state index in [4.69, 9.17) is 5.26 Å². The van der Waals surface area contributed by atoms with Crippen molar-refractivity contribution in [3.63, 3.8) is 0 Å². The number of esters is 1. The van der Waals surface area contributed by atoms with Crippen molar-refractivity contribution in [2.75, 3.05) is 13.7 Å². The molecule has 6 nitrogen and oxygen atoms in total. The summed E-state index contributed by atoms with van der Waals surface area (Å²) < 4.78 is 4.56. The summed E-state index contributed by atoms with van der Waals surface area (Å²) in [6.45, 7) is 1.80. The van der Waals surface area contributed by atoms with Crippen LogP contribution in [0.3, 0.4) is 0 Å². The maximum Gasteiger partial charge on any atom is 0.350 e. The molecule has 0 atom stereocenters. The molecule has 0 aromatic heterocycles. The Hall–Kier alpha value is -2.03. The summed E-state index contributed by atoms with van der Waals surface area (Å²) in [5.41, 5.74) is -0.254. The van der Waals surface area contributed by atoms with Crippen LogP contribution >= 0.6 is 0 Å². The van der Waals surface area contributed by atoms with Gasteiger partial charge < -0.3 is 15.4 Å². The van der Waals surface area contributed by atoms with Crippen molar-refractivity contribution >= 4 is 12.0 Å². The molecule has 0 saturated carbocycles. The third kappa shape index (κ3) is 4.11. The highest BCUT2D eigenvalue weighted by molar-refractivity contribution is 5.93. The highest BCUT2D eigenvalue weighted by Gasteiger charge is 2.09. The first-order valence-electron chi connectivity index (χ1n) is 3.91. The van der Waals surface area contributed by atoms with Crippen molar-refractivity contribution in [1.82, 2.24) is 10.6 Å². The lowest BCUT2D eigenvalue weighted by atomic mass is 10.3. The average Bonchev–Trinajstić information content (AvgIpc) is 2.18. The number of amides is 2. The zero-order valence-electron chi connectivity index (χ0n) is 7.96. The Bertz CT molecular complexity index is 291. The van der Waals surface area contributed by atoms with E-state index in [-0.39, 0.29) is 12.2 Å². The van der Waals surface area contributed by atoms with Gasteiger partial charge in [0.05, 0.1) is 6.61 Å². The molecule has 0 spiro atoms. The lowest BCUT2D eigenvalue weighted by Gasteiger charge is -2.00. The van der Waals surface area contributed by atoms with Crippen LogP contribution < -0.4 is 10.6 Å². The summed E-state index contributed by atoms with van der Waals surface area (Å²) in [7, 11) is 1.42. The molecule has 0 bridgehead atoms. The Labute approximate surface area is 81.5 Å². The summed E-state index contributed by atoms with van der Waals surface area (Å²) in [5, 5.41) is 13.0. The number of carbonyl (C=O) groups is 2. The van der Waals surface area contributed by atoms with E-state index in [1.165, 1.54) is 7.05 Å². The van der Waals surface area contributed by atoms with Crippen molar-refractivity contribution in [1.29, 1.82) is 5.26 Å². The van der Waals surface area contributed by atoms with Crippen LogP contribution in [0.2, 0.25) is 0 Å². The maximum absolute atomic E-state index is 11.0. The highest BCUT2D eigenvalue weighted by Crippen LogP contribution is 1.94. The van der Waals surface area contributed by atoms with Gasteiger partial charge in [-0.2, -0.15) is 5.26 Å². The molecule has 0 radical (unpaired) electrons. The number of nitrogens with one attached hydrogen (secondary N) is 2. The molecule has 0 aliphatic carbocycles. The van der Waals surface area contributed by atoms with Crippen molar-refractivity contribution in [3.8, 4) is 6.07 Å². The van der Waals surface area contributed by atoms with E-state index in [1.807, 2.05) is 0 Å². The van der Waals surface area contributed by atoms with Crippen molar-refractivity contribution < 1.29 is 14.3 Å². The van der Waals surface area contributed by atoms with Gasteiger partial charge in [-0.05, 0) is 6.92 Å². The molecule has 0 aliphatic rings. The number of rotatable bonds is 3. The van der Waals surface area contributed by atoms with Gasteiger partial charge in [0.25, 0.3) is 0 Å². The van der Waals surface area contributed by atoms with Crippen molar-refractivity contribution in [3.05, 3.63) is 11.8 Å². The summed E-state index contributed by atoms with van der Waals surface area (Å²) >= 11 is 0. The van der Waals surface area contributed by atoms with E-state index < -0.39 is 12.0 Å². The smallest absolute Gasteiger partial charge is 0.350 e. The van der Waals surface area contributed by atoms with Crippen LogP contribution in [0.25, 0.3) is 0 Å². The van der Waals surface area contributed by atoms with Crippen LogP contribution in [0.4, 0.5) is 4.79 Å². The summed E-state index contributed by atoms with van der Waals surface area (Å²) in [6, 6.07) is 1.10. The Morgan fingerprint density at radius 3 is 2.64 bits per heavy atom. The molecule has 6 heteroatoms. The minimum absolute atomic E-state index is 0.178. The molecule has 2 N–H and O–H groups in total. The molecule has 14 heavy (non-hydrogen) atoms. The minimum Gasteiger partial charge on any atom is -0.462 e. The molecule has 0 heterocycles. The predicted molar refractivity (Wildman–Crippen MR) is 47.9 cm³/mol. The van der Waals surface area contributed by atoms with Crippen LogP contribution in [0.5, 0.6) is 0 Å². The first-order valence-corrected chi connectivity index (χ1v) is 3.91. The second kappa shape index (κ2) is 6.48. The lowest BCUT2D eigenvalue weighted by Crippen LogP contribution is -2.29. The number of urea groups is 1. The molecule has 0 unspecified atom stereocenters. The van der Waals surface area contributed by atoms with Gasteiger partial charge in [0, 0.05) is 13.2 Å². The fraction of sp³-hybridized carbons (Fsp3) is 0.375. The molecular formula is C8H11N3O3. The lowest BCUT2D eigenvalue weighted by molar-refractivity contribution is -0.138. The molecule has 0 aliphatic heterocycles. The van der Waals surface area contributed by atoms with Crippen molar-refractivity contribution in [2.24, 2.45) is 0 Å². The quantitative estimate of drug-likeness (QED) is 0.375. The first kappa shape index (κ1) is 12.0. The van der Waals surface area contributed by atoms with Crippen LogP contribution in [-0.2, 0) is 9.53 Å². The number of carbonyl (C=O) groups excluding carboxylic acids is 2. The molecular weight excluding hydrogens is 186 g/mol. The Morgan fingerprint density at radius 2 is 2.21 bits per heavy atom. The fourth-order valence-electron chi connectivity index (χ4n) is 0.556. The Morgan fingerprint density at radius 1 is 1.57 bits per heavy atom. The molecule has 0 rings (SSSR count). The average molecular weight is 197 g/mol. The fourth-order valence-corrected chi connectivity index (χ4v) is 0.556. The van der Waals surface area contributed by atoms with Gasteiger partial charge in [-0.25, -0.2) is 9.59 Å². The SMILES string of the molecule is CCOC(=O)/C(C#N)=C\NC(=O)NC. The van der Waals surface area contributed by atoms with Gasteiger partial charge in [-0.3, -0.25) is 0 Å². The van der Waals surface area contributed by atoms with Gasteiger partial charge in [-0.15, -0.1) is 0 Å². The largest absolute Gasteiger partial charge is 0.462 e. The van der Waals surface area contributed by atoms with E-state index in [9.17, 15) is 9.59 Å². The van der Waals surface area contributed by atoms with Gasteiger partial charge in [-0.1, -0.05) is 0 Å². The second-order valence-electron chi connectivity index (χ2n) is 2.11. The van der Waals surface area contributed by atoms with Gasteiger partial charge in [0.15, 0.2) is 5.57 Å². The third-order valence-corrected chi connectivity index (χ3v) is 1.19. The van der Waals surface area contributed by atoms with Crippen LogP contribution in [0.1, 0.15) is 6.92 Å². The molecule has 0 aromatic carbocycles. The molecule has 76 valence electrons. The summed E-state index contributed by atoms with van der Waals surface area (Å²) in [5.74, 6) is -0.758. The predicted octanol–water partition coefficient (Wildman–Crippen LogP) is -0.114. The molecule has 0 fully saturated rings. The first-order chi connectivity index (χ1) is 6.65. The number of nitrogens with zero attached hydrogens (tertiary/aromatic N) is 1. The van der Waals surface area contributed by atoms with Crippen LogP contribution in [0.15, 0.2) is 11.8 Å². The van der Waals surface area contributed by atoms with Crippen LogP contribution in [-0.4, -0.2) is 25.7 Å².